The zero-order chi connectivity index (χ0) is 23.2. The number of hydrogen-bond donors (Lipinski definition) is 1. The fraction of sp³-hybridized carbons (Fsp3) is 0.333. The maximum Gasteiger partial charge on any atom is 0.418 e. The van der Waals surface area contributed by atoms with Gasteiger partial charge in [0.2, 0.25) is 0 Å². The molecule has 0 radical (unpaired) electrons. The number of esters is 1. The number of hydrogen-bond acceptors (Lipinski definition) is 5. The Hall–Kier alpha value is -2.94. The Kier molecular flexibility index (Phi) is 8.15. The van der Waals surface area contributed by atoms with Crippen LogP contribution in [0.25, 0.3) is 0 Å². The van der Waals surface area contributed by atoms with Gasteiger partial charge in [0, 0.05) is 5.02 Å². The molecule has 0 aliphatic carbocycles. The van der Waals surface area contributed by atoms with Crippen LogP contribution >= 0.6 is 11.6 Å². The summed E-state index contributed by atoms with van der Waals surface area (Å²) in [4.78, 5) is 24.2. The van der Waals surface area contributed by atoms with Crippen LogP contribution in [-0.2, 0) is 15.7 Å². The molecule has 0 aromatic heterocycles. The summed E-state index contributed by atoms with van der Waals surface area (Å²) in [6.45, 7) is 3.62. The lowest BCUT2D eigenvalue weighted by molar-refractivity contribution is -0.137. The zero-order valence-electron chi connectivity index (χ0n) is 17.0. The summed E-state index contributed by atoms with van der Waals surface area (Å²) in [5, 5.41) is 1.94. The Morgan fingerprint density at radius 1 is 1.10 bits per heavy atom. The molecule has 2 rings (SSSR count). The normalized spacial score (nSPS) is 11.2. The Labute approximate surface area is 182 Å². The maximum atomic E-state index is 13.1. The largest absolute Gasteiger partial charge is 0.493 e. The van der Waals surface area contributed by atoms with Crippen molar-refractivity contribution in [2.75, 3.05) is 25.6 Å². The van der Waals surface area contributed by atoms with E-state index >= 15 is 0 Å². The highest BCUT2D eigenvalue weighted by Gasteiger charge is 2.34. The van der Waals surface area contributed by atoms with Crippen LogP contribution in [0.3, 0.4) is 0 Å². The van der Waals surface area contributed by atoms with Crippen molar-refractivity contribution in [2.45, 2.75) is 20.0 Å². The monoisotopic (exact) mass is 459 g/mol. The highest BCUT2D eigenvalue weighted by atomic mass is 35.5. The van der Waals surface area contributed by atoms with Crippen LogP contribution in [-0.4, -0.2) is 32.2 Å². The van der Waals surface area contributed by atoms with Crippen molar-refractivity contribution in [1.29, 1.82) is 0 Å². The van der Waals surface area contributed by atoms with E-state index in [2.05, 4.69) is 5.32 Å². The summed E-state index contributed by atoms with van der Waals surface area (Å²) in [7, 11) is 1.41. The van der Waals surface area contributed by atoms with E-state index in [1.54, 1.807) is 0 Å². The van der Waals surface area contributed by atoms with Crippen LogP contribution in [0.2, 0.25) is 5.02 Å². The molecule has 1 N–H and O–H groups in total. The molecule has 0 heterocycles. The van der Waals surface area contributed by atoms with Crippen LogP contribution in [0.4, 0.5) is 18.9 Å². The van der Waals surface area contributed by atoms with Crippen molar-refractivity contribution in [3.05, 3.63) is 52.5 Å². The second-order valence-electron chi connectivity index (χ2n) is 6.88. The lowest BCUT2D eigenvalue weighted by Crippen LogP contribution is -2.22. The summed E-state index contributed by atoms with van der Waals surface area (Å²) in [5.74, 6) is -0.768. The van der Waals surface area contributed by atoms with E-state index in [0.29, 0.717) is 24.2 Å². The van der Waals surface area contributed by atoms with Gasteiger partial charge >= 0.3 is 12.1 Å². The van der Waals surface area contributed by atoms with Crippen LogP contribution < -0.4 is 14.8 Å². The van der Waals surface area contributed by atoms with E-state index in [1.165, 1.54) is 31.4 Å². The molecule has 6 nitrogen and oxygen atoms in total. The first-order valence-corrected chi connectivity index (χ1v) is 9.53. The van der Waals surface area contributed by atoms with Gasteiger partial charge in [0.1, 0.15) is 0 Å². The lowest BCUT2D eigenvalue weighted by atomic mass is 10.1. The SMILES string of the molecule is COc1cc(C(=O)OCC(=O)Nc2ccc(Cl)cc2C(F)(F)F)ccc1OCC(C)C. The third-order valence-electron chi connectivity index (χ3n) is 3.87. The van der Waals surface area contributed by atoms with E-state index in [9.17, 15) is 22.8 Å². The molecule has 0 unspecified atom stereocenters. The van der Waals surface area contributed by atoms with Gasteiger partial charge in [0.15, 0.2) is 18.1 Å². The lowest BCUT2D eigenvalue weighted by Gasteiger charge is -2.15. The zero-order valence-corrected chi connectivity index (χ0v) is 17.8. The number of alkyl halides is 3. The number of anilines is 1. The molecular formula is C21H21ClF3NO5. The van der Waals surface area contributed by atoms with Crippen LogP contribution in [0.15, 0.2) is 36.4 Å². The van der Waals surface area contributed by atoms with Crippen LogP contribution in [0.1, 0.15) is 29.8 Å². The number of amides is 1. The van der Waals surface area contributed by atoms with E-state index in [0.717, 1.165) is 6.07 Å². The second kappa shape index (κ2) is 10.4. The van der Waals surface area contributed by atoms with Crippen molar-refractivity contribution >= 4 is 29.2 Å². The molecule has 0 fully saturated rings. The molecule has 1 amide bonds. The van der Waals surface area contributed by atoms with Gasteiger partial charge in [0.25, 0.3) is 5.91 Å². The molecule has 0 aliphatic rings. The first-order chi connectivity index (χ1) is 14.5. The molecule has 0 spiro atoms. The summed E-state index contributed by atoms with van der Waals surface area (Å²) in [6, 6.07) is 7.26. The van der Waals surface area contributed by atoms with Gasteiger partial charge in [-0.15, -0.1) is 0 Å². The summed E-state index contributed by atoms with van der Waals surface area (Å²) in [6.07, 6.45) is -4.72. The Morgan fingerprint density at radius 2 is 1.81 bits per heavy atom. The minimum atomic E-state index is -4.72. The third-order valence-corrected chi connectivity index (χ3v) is 4.10. The summed E-state index contributed by atoms with van der Waals surface area (Å²) in [5.41, 5.74) is -1.52. The minimum absolute atomic E-state index is 0.0871. The molecule has 10 heteroatoms. The average Bonchev–Trinajstić information content (AvgIpc) is 2.70. The number of halogens is 4. The Balaban J connectivity index is 2.02. The molecule has 2 aromatic carbocycles. The highest BCUT2D eigenvalue weighted by molar-refractivity contribution is 6.30. The Morgan fingerprint density at radius 3 is 2.42 bits per heavy atom. The Bertz CT molecular complexity index is 947. The average molecular weight is 460 g/mol. The first-order valence-electron chi connectivity index (χ1n) is 9.15. The number of ether oxygens (including phenoxy) is 3. The quantitative estimate of drug-likeness (QED) is 0.549. The minimum Gasteiger partial charge on any atom is -0.493 e. The maximum absolute atomic E-state index is 13.1. The molecule has 0 saturated carbocycles. The second-order valence-corrected chi connectivity index (χ2v) is 7.32. The highest BCUT2D eigenvalue weighted by Crippen LogP contribution is 2.36. The number of benzene rings is 2. The predicted molar refractivity (Wildman–Crippen MR) is 109 cm³/mol. The van der Waals surface area contributed by atoms with Crippen LogP contribution in [0.5, 0.6) is 11.5 Å². The van der Waals surface area contributed by atoms with E-state index in [4.69, 9.17) is 25.8 Å². The van der Waals surface area contributed by atoms with Crippen molar-refractivity contribution in [1.82, 2.24) is 0 Å². The third kappa shape index (κ3) is 7.06. The molecule has 0 saturated heterocycles. The summed E-state index contributed by atoms with van der Waals surface area (Å²) < 4.78 is 55.0. The molecule has 0 bridgehead atoms. The number of rotatable bonds is 8. The van der Waals surface area contributed by atoms with E-state index < -0.39 is 35.9 Å². The van der Waals surface area contributed by atoms with Gasteiger partial charge in [-0.05, 0) is 42.3 Å². The van der Waals surface area contributed by atoms with Crippen molar-refractivity contribution in [3.63, 3.8) is 0 Å². The number of methoxy groups -OCH3 is 1. The van der Waals surface area contributed by atoms with Crippen molar-refractivity contribution in [3.8, 4) is 11.5 Å². The van der Waals surface area contributed by atoms with Crippen molar-refractivity contribution < 1.29 is 37.0 Å². The van der Waals surface area contributed by atoms with Gasteiger partial charge in [-0.2, -0.15) is 13.2 Å². The van der Waals surface area contributed by atoms with Gasteiger partial charge in [0.05, 0.1) is 30.5 Å². The molecule has 0 atom stereocenters. The van der Waals surface area contributed by atoms with Gasteiger partial charge in [-0.25, -0.2) is 4.79 Å². The predicted octanol–water partition coefficient (Wildman–Crippen LogP) is 5.20. The number of carbonyl (C=O) groups is 2. The summed E-state index contributed by atoms with van der Waals surface area (Å²) >= 11 is 5.60. The fourth-order valence-electron chi connectivity index (χ4n) is 2.43. The molecular weight excluding hydrogens is 439 g/mol. The topological polar surface area (TPSA) is 73.9 Å². The van der Waals surface area contributed by atoms with Crippen molar-refractivity contribution in [2.24, 2.45) is 5.92 Å². The molecule has 31 heavy (non-hydrogen) atoms. The first kappa shape index (κ1) is 24.3. The standard InChI is InChI=1S/C21H21ClF3NO5/c1-12(2)10-30-17-7-4-13(8-18(17)29-3)20(28)31-11-19(27)26-16-6-5-14(22)9-15(16)21(23,24)25/h4-9,12H,10-11H2,1-3H3,(H,26,27). The smallest absolute Gasteiger partial charge is 0.418 e. The molecule has 168 valence electrons. The van der Waals surface area contributed by atoms with Gasteiger partial charge in [-0.3, -0.25) is 4.79 Å². The fourth-order valence-corrected chi connectivity index (χ4v) is 2.60. The number of carbonyl (C=O) groups excluding carboxylic acids is 2. The van der Waals surface area contributed by atoms with E-state index in [-0.39, 0.29) is 16.5 Å². The van der Waals surface area contributed by atoms with Gasteiger partial charge < -0.3 is 19.5 Å². The van der Waals surface area contributed by atoms with Gasteiger partial charge in [-0.1, -0.05) is 25.4 Å². The van der Waals surface area contributed by atoms with Crippen LogP contribution in [0, 0.1) is 5.92 Å². The van der Waals surface area contributed by atoms with E-state index in [1.807, 2.05) is 13.8 Å². The number of nitrogens with one attached hydrogen (secondary N) is 1. The molecule has 2 aromatic rings. The molecule has 0 aliphatic heterocycles.